The molecule has 5 heteroatoms. The minimum atomic E-state index is -3.57. The minimum Gasteiger partial charge on any atom is -1.00 e. The second-order valence-corrected chi connectivity index (χ2v) is 27.5. The van der Waals surface area contributed by atoms with Gasteiger partial charge >= 0.3 is 478 Å². The molecule has 0 radical (unpaired) electrons. The van der Waals surface area contributed by atoms with Crippen molar-refractivity contribution in [2.24, 2.45) is 0 Å². The van der Waals surface area contributed by atoms with Gasteiger partial charge in [0.05, 0.1) is 0 Å². The van der Waals surface area contributed by atoms with Crippen LogP contribution >= 0.6 is 0 Å². The van der Waals surface area contributed by atoms with Crippen molar-refractivity contribution in [3.8, 4) is 0 Å². The number of rotatable bonds is 16. The molecular weight excluding hydrogens is 1080 g/mol. The van der Waals surface area contributed by atoms with Crippen molar-refractivity contribution in [1.29, 1.82) is 0 Å². The van der Waals surface area contributed by atoms with Gasteiger partial charge in [0.2, 0.25) is 0 Å². The Hall–Kier alpha value is -5.74. The summed E-state index contributed by atoms with van der Waals surface area (Å²) in [7, 11) is -3.57. The van der Waals surface area contributed by atoms with Crippen LogP contribution in [-0.4, -0.2) is 8.07 Å². The summed E-state index contributed by atoms with van der Waals surface area (Å²) < 4.78 is 1.51. The van der Waals surface area contributed by atoms with Crippen molar-refractivity contribution in [2.75, 3.05) is 0 Å². The van der Waals surface area contributed by atoms with Crippen LogP contribution in [0.5, 0.6) is 0 Å². The Bertz CT molecular complexity index is 3300. The van der Waals surface area contributed by atoms with E-state index in [9.17, 15) is 0 Å². The Balaban J connectivity index is 0.00000308. The minimum absolute atomic E-state index is 0. The zero-order chi connectivity index (χ0) is 54.0. The number of benzene rings is 9. The van der Waals surface area contributed by atoms with Crippen LogP contribution in [0.2, 0.25) is 5.04 Å². The van der Waals surface area contributed by atoms with Gasteiger partial charge in [-0.25, -0.2) is 0 Å². The summed E-state index contributed by atoms with van der Waals surface area (Å²) in [5, 5.41) is 4.29. The molecule has 9 aromatic carbocycles. The maximum atomic E-state index is 2.77. The van der Waals surface area contributed by atoms with E-state index in [1.54, 1.807) is 15.6 Å². The molecule has 404 valence electrons. The third kappa shape index (κ3) is 11.7. The molecule has 0 saturated heterocycles. The van der Waals surface area contributed by atoms with Crippen molar-refractivity contribution >= 4 is 23.6 Å². The van der Waals surface area contributed by atoms with Crippen LogP contribution in [0.4, 0.5) is 0 Å². The molecular formula is C75H75Cl3SiTi. The molecule has 0 spiro atoms. The van der Waals surface area contributed by atoms with Gasteiger partial charge in [0, 0.05) is 0 Å². The first kappa shape index (κ1) is 61.9. The Morgan fingerprint density at radius 2 is 0.525 bits per heavy atom. The van der Waals surface area contributed by atoms with Gasteiger partial charge in [-0.3, -0.25) is 0 Å². The predicted octanol–water partition coefficient (Wildman–Crippen LogP) is 7.50. The molecule has 0 saturated carbocycles. The van der Waals surface area contributed by atoms with Gasteiger partial charge in [0.25, 0.3) is 0 Å². The summed E-state index contributed by atoms with van der Waals surface area (Å²) in [4.78, 5) is 0. The van der Waals surface area contributed by atoms with E-state index in [0.717, 1.165) is 38.5 Å². The smallest absolute Gasteiger partial charge is 1.00 e. The molecule has 0 fully saturated rings. The Kier molecular flexibility index (Phi) is 20.5. The second kappa shape index (κ2) is 26.5. The van der Waals surface area contributed by atoms with Crippen molar-refractivity contribution in [3.63, 3.8) is 0 Å². The van der Waals surface area contributed by atoms with Crippen LogP contribution < -0.4 is 52.8 Å². The molecule has 0 aromatic heterocycles. The van der Waals surface area contributed by atoms with E-state index in [1.165, 1.54) is 121 Å². The van der Waals surface area contributed by atoms with Crippen LogP contribution in [0.3, 0.4) is 0 Å². The van der Waals surface area contributed by atoms with Gasteiger partial charge in [0.1, 0.15) is 0 Å². The van der Waals surface area contributed by atoms with Gasteiger partial charge in [-0.05, 0) is 0 Å². The monoisotopic (exact) mass is 1160 g/mol. The van der Waals surface area contributed by atoms with E-state index in [1.807, 2.05) is 0 Å². The molecule has 80 heavy (non-hydrogen) atoms. The molecule has 0 heterocycles. The van der Waals surface area contributed by atoms with Gasteiger partial charge < -0.3 is 37.2 Å². The van der Waals surface area contributed by atoms with E-state index in [-0.39, 0.29) is 42.3 Å². The maximum absolute atomic E-state index is 3.57. The number of hydrogen-bond donors (Lipinski definition) is 0. The average Bonchev–Trinajstić information content (AvgIpc) is 3.60. The van der Waals surface area contributed by atoms with Gasteiger partial charge in [0.15, 0.2) is 0 Å². The van der Waals surface area contributed by atoms with Crippen LogP contribution in [0, 0.1) is 41.5 Å². The first-order valence-electron chi connectivity index (χ1n) is 27.9. The molecule has 0 bridgehead atoms. The first-order chi connectivity index (χ1) is 37.2. The topological polar surface area (TPSA) is 0 Å². The fraction of sp³-hybridized carbons (Fsp3) is 0.227. The fourth-order valence-corrected chi connectivity index (χ4v) is 22.4. The third-order valence-electron chi connectivity index (χ3n) is 18.3. The van der Waals surface area contributed by atoms with Crippen molar-refractivity contribution in [1.82, 2.24) is 0 Å². The van der Waals surface area contributed by atoms with Crippen molar-refractivity contribution in [2.45, 2.75) is 113 Å². The van der Waals surface area contributed by atoms with Gasteiger partial charge in [-0.15, -0.1) is 0 Å². The van der Waals surface area contributed by atoms with Crippen LogP contribution in [-0.2, 0) is 59.0 Å². The molecule has 1 unspecified atom stereocenters. The summed E-state index contributed by atoms with van der Waals surface area (Å²) in [5.41, 5.74) is 29.7. The molecule has 0 N–H and O–H groups in total. The summed E-state index contributed by atoms with van der Waals surface area (Å²) in [5.74, 6) is 0. The Labute approximate surface area is 511 Å². The molecule has 0 aliphatic heterocycles. The number of aryl methyl sites for hydroxylation is 3. The van der Waals surface area contributed by atoms with E-state index < -0.39 is 8.07 Å². The predicted molar refractivity (Wildman–Crippen MR) is 327 cm³/mol. The quantitative estimate of drug-likeness (QED) is 0.0696. The summed E-state index contributed by atoms with van der Waals surface area (Å²) in [6.45, 7) is 24.9. The molecule has 1 atom stereocenters. The van der Waals surface area contributed by atoms with Gasteiger partial charge in [-0.2, -0.15) is 0 Å². The second-order valence-electron chi connectivity index (χ2n) is 22.6. The maximum Gasteiger partial charge on any atom is -1.00 e. The number of halogens is 3. The molecule has 0 nitrogen and oxygen atoms in total. The van der Waals surface area contributed by atoms with Gasteiger partial charge in [-0.1, -0.05) is 0 Å². The first-order valence-corrected chi connectivity index (χ1v) is 30.7. The average molecular weight is 1160 g/mol. The molecule has 10 rings (SSSR count). The molecule has 1 aliphatic rings. The Morgan fingerprint density at radius 3 is 0.725 bits per heavy atom. The summed E-state index contributed by atoms with van der Waals surface area (Å²) >= 11 is 2.53. The summed E-state index contributed by atoms with van der Waals surface area (Å²) in [6.07, 6.45) is 5.19. The van der Waals surface area contributed by atoms with Crippen molar-refractivity contribution in [3.05, 3.63) is 321 Å². The van der Waals surface area contributed by atoms with E-state index in [0.29, 0.717) is 0 Å². The fourth-order valence-electron chi connectivity index (χ4n) is 13.6. The van der Waals surface area contributed by atoms with E-state index in [4.69, 9.17) is 0 Å². The molecule has 9 aromatic rings. The van der Waals surface area contributed by atoms with Crippen LogP contribution in [0.1, 0.15) is 128 Å². The van der Waals surface area contributed by atoms with E-state index in [2.05, 4.69) is 290 Å². The normalized spacial score (nSPS) is 14.2. The van der Waals surface area contributed by atoms with Crippen molar-refractivity contribution < 1.29 is 57.7 Å². The Morgan fingerprint density at radius 1 is 0.312 bits per heavy atom. The van der Waals surface area contributed by atoms with Crippen LogP contribution in [0.25, 0.3) is 0 Å². The number of allylic oxidation sites excluding steroid dienone is 4. The number of hydrogen-bond acceptors (Lipinski definition) is 0. The van der Waals surface area contributed by atoms with E-state index >= 15 is 0 Å². The largest absolute Gasteiger partial charge is 1.00 e. The molecule has 1 aliphatic carbocycles. The SMILES string of the molecule is CC1=C(C)C(C)([Si](c2cc(C)c(Cc3ccccc3)c(C)c2Cc2ccccc2)(c2cc(C)c(Cc3ccccc3)c(C)c2Cc2ccccc2)c2cc(C)c(Cc3ccccc3)c(C)c2Cc2ccccc2)[C]([Ti+3])=C1C.[Cl-].[Cl-].[Cl-]. The summed E-state index contributed by atoms with van der Waals surface area (Å²) in [6, 6.07) is 76.0. The zero-order valence-corrected chi connectivity index (χ0v) is 53.3. The molecule has 0 amide bonds. The standard InChI is InChI=1S/C75H75Si.3ClH.Ti/c1-51-41-72(69(47-63-35-23-14-24-36-63)56(6)66(51)44-60-29-17-11-18-30-60)76(75(10)50-54(4)55(5)59(75)9,73-42-52(2)67(45-61-31-19-12-20-32-61)57(7)70(73)48-64-37-25-15-26-38-64)74-43-53(3)68(46-62-33-21-13-22-34-62)58(8)71(74)49-65-39-27-16-28-40-65;;;;/h11-43H,44-49H2,1-10H3;3*1H;/q;;;;+3/p-3. The third-order valence-corrected chi connectivity index (χ3v) is 25.9. The zero-order valence-electron chi connectivity index (χ0n) is 48.4. The van der Waals surface area contributed by atoms with Crippen LogP contribution in [0.15, 0.2) is 221 Å².